The van der Waals surface area contributed by atoms with E-state index >= 15 is 0 Å². The van der Waals surface area contributed by atoms with Crippen LogP contribution >= 0.6 is 0 Å². The first-order valence-corrected chi connectivity index (χ1v) is 5.98. The monoisotopic (exact) mass is 234 g/mol. The minimum absolute atomic E-state index is 0.662. The van der Waals surface area contributed by atoms with Crippen LogP contribution in [0.1, 0.15) is 31.1 Å². The van der Waals surface area contributed by atoms with Gasteiger partial charge >= 0.3 is 0 Å². The molecule has 0 unspecified atom stereocenters. The maximum absolute atomic E-state index is 5.07. The summed E-state index contributed by atoms with van der Waals surface area (Å²) in [6.45, 7) is 6.64. The van der Waals surface area contributed by atoms with Gasteiger partial charge in [-0.25, -0.2) is 0 Å². The minimum Gasteiger partial charge on any atom is -0.346 e. The quantitative estimate of drug-likeness (QED) is 0.824. The molecule has 5 nitrogen and oxygen atoms in total. The van der Waals surface area contributed by atoms with E-state index < -0.39 is 0 Å². The van der Waals surface area contributed by atoms with Gasteiger partial charge < -0.3 is 14.4 Å². The van der Waals surface area contributed by atoms with Crippen molar-refractivity contribution in [2.24, 2.45) is 0 Å². The van der Waals surface area contributed by atoms with Crippen LogP contribution in [0.2, 0.25) is 0 Å². The molecule has 1 N–H and O–H groups in total. The Labute approximate surface area is 101 Å². The molecule has 2 heterocycles. The number of hydrogen-bond donors (Lipinski definition) is 1. The number of aryl methyl sites for hydroxylation is 1. The van der Waals surface area contributed by atoms with Crippen LogP contribution in [0.5, 0.6) is 0 Å². The first-order valence-electron chi connectivity index (χ1n) is 5.98. The fourth-order valence-electron chi connectivity index (χ4n) is 1.62. The lowest BCUT2D eigenvalue weighted by molar-refractivity contribution is 0.375. The molecule has 0 aromatic carbocycles. The van der Waals surface area contributed by atoms with E-state index in [4.69, 9.17) is 4.52 Å². The summed E-state index contributed by atoms with van der Waals surface area (Å²) in [4.78, 5) is 4.28. The molecule has 2 rings (SSSR count). The molecule has 0 saturated heterocycles. The van der Waals surface area contributed by atoms with Gasteiger partial charge in [-0.3, -0.25) is 0 Å². The van der Waals surface area contributed by atoms with Gasteiger partial charge in [-0.15, -0.1) is 0 Å². The molecular formula is C12H18N4O. The maximum Gasteiger partial charge on any atom is 0.226 e. The van der Waals surface area contributed by atoms with E-state index in [0.717, 1.165) is 25.3 Å². The van der Waals surface area contributed by atoms with Crippen LogP contribution in [-0.2, 0) is 19.5 Å². The first kappa shape index (κ1) is 11.9. The van der Waals surface area contributed by atoms with Crippen LogP contribution < -0.4 is 5.32 Å². The van der Waals surface area contributed by atoms with Crippen molar-refractivity contribution in [3.05, 3.63) is 35.7 Å². The Balaban J connectivity index is 1.96. The van der Waals surface area contributed by atoms with Gasteiger partial charge in [0.15, 0.2) is 5.82 Å². The summed E-state index contributed by atoms with van der Waals surface area (Å²) in [6.07, 6.45) is 4.92. The zero-order valence-electron chi connectivity index (χ0n) is 10.3. The molecule has 92 valence electrons. The summed E-state index contributed by atoms with van der Waals surface area (Å²) in [6, 6.07) is 2.10. The van der Waals surface area contributed by atoms with Crippen molar-refractivity contribution in [3.63, 3.8) is 0 Å². The van der Waals surface area contributed by atoms with Gasteiger partial charge in [0.1, 0.15) is 0 Å². The summed E-state index contributed by atoms with van der Waals surface area (Å²) in [5.74, 6) is 1.42. The van der Waals surface area contributed by atoms with E-state index in [2.05, 4.69) is 39.2 Å². The third-order valence-corrected chi connectivity index (χ3v) is 2.53. The Bertz CT molecular complexity index is 461. The van der Waals surface area contributed by atoms with Gasteiger partial charge in [0.05, 0.1) is 6.54 Å². The molecule has 0 aliphatic rings. The highest BCUT2D eigenvalue weighted by Crippen LogP contribution is 2.05. The highest BCUT2D eigenvalue weighted by molar-refractivity contribution is 5.10. The van der Waals surface area contributed by atoms with Gasteiger partial charge in [0, 0.05) is 25.4 Å². The number of hydrogen-bond acceptors (Lipinski definition) is 4. The van der Waals surface area contributed by atoms with Crippen LogP contribution in [-0.4, -0.2) is 21.3 Å². The molecule has 0 spiro atoms. The smallest absolute Gasteiger partial charge is 0.226 e. The van der Waals surface area contributed by atoms with E-state index in [1.165, 1.54) is 5.56 Å². The van der Waals surface area contributed by atoms with Gasteiger partial charge in [-0.2, -0.15) is 4.98 Å². The topological polar surface area (TPSA) is 55.9 Å². The highest BCUT2D eigenvalue weighted by atomic mass is 16.5. The molecule has 0 amide bonds. The van der Waals surface area contributed by atoms with Crippen molar-refractivity contribution in [1.82, 2.24) is 20.0 Å². The molecule has 5 heteroatoms. The van der Waals surface area contributed by atoms with Gasteiger partial charge in [0.25, 0.3) is 0 Å². The van der Waals surface area contributed by atoms with E-state index in [0.29, 0.717) is 12.4 Å². The summed E-state index contributed by atoms with van der Waals surface area (Å²) in [7, 11) is 0. The zero-order valence-corrected chi connectivity index (χ0v) is 10.3. The third kappa shape index (κ3) is 3.17. The second kappa shape index (κ2) is 5.63. The lowest BCUT2D eigenvalue weighted by atomic mass is 10.3. The van der Waals surface area contributed by atoms with Crippen molar-refractivity contribution < 1.29 is 4.52 Å². The summed E-state index contributed by atoms with van der Waals surface area (Å²) >= 11 is 0. The average molecular weight is 234 g/mol. The van der Waals surface area contributed by atoms with Crippen molar-refractivity contribution >= 4 is 0 Å². The summed E-state index contributed by atoms with van der Waals surface area (Å²) in [5, 5.41) is 7.22. The minimum atomic E-state index is 0.662. The number of nitrogens with one attached hydrogen (secondary N) is 1. The third-order valence-electron chi connectivity index (χ3n) is 2.53. The maximum atomic E-state index is 5.07. The van der Waals surface area contributed by atoms with Crippen molar-refractivity contribution in [2.75, 3.05) is 6.54 Å². The second-order valence-corrected chi connectivity index (χ2v) is 3.93. The standard InChI is InChI=1S/C12H18N4O/c1-3-12-14-11(15-17-12)9-16-6-5-10(8-16)7-13-4-2/h5-6,8,13H,3-4,7,9H2,1-2H3. The number of rotatable bonds is 6. The van der Waals surface area contributed by atoms with Crippen molar-refractivity contribution in [2.45, 2.75) is 33.4 Å². The van der Waals surface area contributed by atoms with Crippen molar-refractivity contribution in [1.29, 1.82) is 0 Å². The second-order valence-electron chi connectivity index (χ2n) is 3.93. The molecule has 17 heavy (non-hydrogen) atoms. The lowest BCUT2D eigenvalue weighted by Gasteiger charge is -1.98. The van der Waals surface area contributed by atoms with Crippen LogP contribution in [0, 0.1) is 0 Å². The highest BCUT2D eigenvalue weighted by Gasteiger charge is 2.05. The zero-order chi connectivity index (χ0) is 12.1. The van der Waals surface area contributed by atoms with Crippen LogP contribution in [0.25, 0.3) is 0 Å². The largest absolute Gasteiger partial charge is 0.346 e. The Morgan fingerprint density at radius 2 is 2.29 bits per heavy atom. The Kier molecular flexibility index (Phi) is 3.93. The van der Waals surface area contributed by atoms with E-state index in [1.807, 2.05) is 13.1 Å². The molecule has 2 aromatic rings. The van der Waals surface area contributed by atoms with Crippen LogP contribution in [0.3, 0.4) is 0 Å². The molecule has 0 radical (unpaired) electrons. The summed E-state index contributed by atoms with van der Waals surface area (Å²) < 4.78 is 7.14. The Morgan fingerprint density at radius 1 is 1.41 bits per heavy atom. The van der Waals surface area contributed by atoms with Crippen molar-refractivity contribution in [3.8, 4) is 0 Å². The predicted molar refractivity (Wildman–Crippen MR) is 64.6 cm³/mol. The van der Waals surface area contributed by atoms with Crippen LogP contribution in [0.15, 0.2) is 23.0 Å². The SMILES string of the molecule is CCNCc1ccn(Cc2noc(CC)n2)c1. The molecule has 0 saturated carbocycles. The predicted octanol–water partition coefficient (Wildman–Crippen LogP) is 1.59. The molecule has 0 aliphatic carbocycles. The molecule has 0 fully saturated rings. The van der Waals surface area contributed by atoms with E-state index in [-0.39, 0.29) is 0 Å². The average Bonchev–Trinajstić information content (AvgIpc) is 2.96. The Morgan fingerprint density at radius 3 is 3.00 bits per heavy atom. The number of aromatic nitrogens is 3. The first-order chi connectivity index (χ1) is 8.31. The molecular weight excluding hydrogens is 216 g/mol. The number of nitrogens with zero attached hydrogens (tertiary/aromatic N) is 3. The van der Waals surface area contributed by atoms with E-state index in [9.17, 15) is 0 Å². The fraction of sp³-hybridized carbons (Fsp3) is 0.500. The van der Waals surface area contributed by atoms with Gasteiger partial charge in [-0.05, 0) is 18.2 Å². The molecule has 0 bridgehead atoms. The lowest BCUT2D eigenvalue weighted by Crippen LogP contribution is -2.11. The van der Waals surface area contributed by atoms with Gasteiger partial charge in [-0.1, -0.05) is 19.0 Å². The fourth-order valence-corrected chi connectivity index (χ4v) is 1.62. The van der Waals surface area contributed by atoms with Gasteiger partial charge in [0.2, 0.25) is 5.89 Å². The van der Waals surface area contributed by atoms with E-state index in [1.54, 1.807) is 0 Å². The summed E-state index contributed by atoms with van der Waals surface area (Å²) in [5.41, 5.74) is 1.27. The van der Waals surface area contributed by atoms with Crippen LogP contribution in [0.4, 0.5) is 0 Å². The molecule has 0 aliphatic heterocycles. The Hall–Kier alpha value is -1.62. The molecule has 0 atom stereocenters. The normalized spacial score (nSPS) is 10.9. The molecule has 2 aromatic heterocycles.